The Bertz CT molecular complexity index is 314. The van der Waals surface area contributed by atoms with Gasteiger partial charge in [0, 0.05) is 12.4 Å². The molecule has 64 valence electrons. The fourth-order valence-electron chi connectivity index (χ4n) is 0.820. The average Bonchev–Trinajstić information content (AvgIpc) is 2.34. The van der Waals surface area contributed by atoms with Crippen molar-refractivity contribution < 1.29 is 14.7 Å². The molecule has 1 aromatic heterocycles. The summed E-state index contributed by atoms with van der Waals surface area (Å²) in [5.74, 6) is -1.16. The van der Waals surface area contributed by atoms with Gasteiger partial charge in [0.1, 0.15) is 0 Å². The Kier molecular flexibility index (Phi) is 2.60. The first-order chi connectivity index (χ1) is 5.59. The van der Waals surface area contributed by atoms with Crippen molar-refractivity contribution in [2.45, 2.75) is 13.3 Å². The molecule has 4 heteroatoms. The molecule has 1 aromatic rings. The first kappa shape index (κ1) is 8.93. The van der Waals surface area contributed by atoms with Crippen molar-refractivity contribution in [3.63, 3.8) is 0 Å². The van der Waals surface area contributed by atoms with E-state index >= 15 is 0 Å². The smallest absolute Gasteiger partial charge is 0.169 e. The number of aliphatic carboxylic acids is 1. The van der Waals surface area contributed by atoms with Gasteiger partial charge >= 0.3 is 0 Å². The molecule has 0 aliphatic heterocycles. The second-order valence-electron chi connectivity index (χ2n) is 2.42. The number of thiophene rings is 1. The van der Waals surface area contributed by atoms with Crippen LogP contribution in [-0.2, 0) is 11.2 Å². The molecule has 3 nitrogen and oxygen atoms in total. The maximum absolute atomic E-state index is 10.8. The molecular formula is C8H7O3S-. The van der Waals surface area contributed by atoms with Gasteiger partial charge in [-0.1, -0.05) is 0 Å². The first-order valence-corrected chi connectivity index (χ1v) is 4.25. The lowest BCUT2D eigenvalue weighted by Gasteiger charge is -1.96. The summed E-state index contributed by atoms with van der Waals surface area (Å²) in [6.45, 7) is 1.45. The largest absolute Gasteiger partial charge is 0.550 e. The number of hydrogen-bond donors (Lipinski definition) is 0. The van der Waals surface area contributed by atoms with E-state index in [-0.39, 0.29) is 12.2 Å². The Labute approximate surface area is 73.6 Å². The second-order valence-corrected chi connectivity index (χ2v) is 3.34. The van der Waals surface area contributed by atoms with Gasteiger partial charge in [0.15, 0.2) is 5.78 Å². The molecule has 0 atom stereocenters. The Morgan fingerprint density at radius 2 is 2.25 bits per heavy atom. The highest BCUT2D eigenvalue weighted by atomic mass is 32.1. The number of rotatable bonds is 3. The predicted octanol–water partition coefficient (Wildman–Crippen LogP) is 0.243. The summed E-state index contributed by atoms with van der Waals surface area (Å²) in [4.78, 5) is 21.5. The maximum atomic E-state index is 10.8. The zero-order valence-corrected chi connectivity index (χ0v) is 7.31. The van der Waals surface area contributed by atoms with Gasteiger partial charge in [-0.15, -0.1) is 11.3 Å². The van der Waals surface area contributed by atoms with Crippen LogP contribution in [0.5, 0.6) is 0 Å². The highest BCUT2D eigenvalue weighted by molar-refractivity contribution is 7.12. The number of Topliss-reactive ketones (excluding diaryl/α,β-unsaturated/α-hetero) is 1. The van der Waals surface area contributed by atoms with Crippen LogP contribution in [0.3, 0.4) is 0 Å². The van der Waals surface area contributed by atoms with Crippen LogP contribution in [0, 0.1) is 0 Å². The van der Waals surface area contributed by atoms with Crippen LogP contribution in [0.4, 0.5) is 0 Å². The monoisotopic (exact) mass is 183 g/mol. The Morgan fingerprint density at radius 3 is 2.67 bits per heavy atom. The Balaban J connectivity index is 2.77. The summed E-state index contributed by atoms with van der Waals surface area (Å²) < 4.78 is 0. The second kappa shape index (κ2) is 3.49. The number of hydrogen-bond acceptors (Lipinski definition) is 4. The number of carboxylic acid groups (broad SMARTS) is 1. The lowest BCUT2D eigenvalue weighted by Crippen LogP contribution is -2.24. The lowest BCUT2D eigenvalue weighted by molar-refractivity contribution is -0.304. The minimum Gasteiger partial charge on any atom is -0.550 e. The zero-order valence-electron chi connectivity index (χ0n) is 6.49. The van der Waals surface area contributed by atoms with Gasteiger partial charge in [-0.3, -0.25) is 4.79 Å². The summed E-state index contributed by atoms with van der Waals surface area (Å²) in [6, 6.07) is 1.59. The van der Waals surface area contributed by atoms with Gasteiger partial charge in [0.25, 0.3) is 0 Å². The van der Waals surface area contributed by atoms with E-state index in [1.165, 1.54) is 18.3 Å². The molecule has 0 bridgehead atoms. The van der Waals surface area contributed by atoms with Gasteiger partial charge in [-0.25, -0.2) is 0 Å². The highest BCUT2D eigenvalue weighted by Crippen LogP contribution is 2.15. The fraction of sp³-hybridized carbons (Fsp3) is 0.250. The van der Waals surface area contributed by atoms with Crippen LogP contribution >= 0.6 is 11.3 Å². The topological polar surface area (TPSA) is 57.2 Å². The molecule has 1 rings (SSSR count). The number of carbonyl (C=O) groups is 2. The van der Waals surface area contributed by atoms with E-state index in [1.54, 1.807) is 11.4 Å². The summed E-state index contributed by atoms with van der Waals surface area (Å²) in [7, 11) is 0. The molecule has 0 saturated heterocycles. The summed E-state index contributed by atoms with van der Waals surface area (Å²) in [5, 5.41) is 11.8. The molecule has 0 saturated carbocycles. The molecule has 0 radical (unpaired) electrons. The Hall–Kier alpha value is -1.16. The van der Waals surface area contributed by atoms with E-state index in [4.69, 9.17) is 0 Å². The van der Waals surface area contributed by atoms with E-state index in [0.29, 0.717) is 10.4 Å². The minimum absolute atomic E-state index is 0.0374. The molecule has 1 heterocycles. The number of ketones is 1. The lowest BCUT2D eigenvalue weighted by atomic mass is 10.2. The van der Waals surface area contributed by atoms with Crippen molar-refractivity contribution in [2.24, 2.45) is 0 Å². The van der Waals surface area contributed by atoms with Crippen LogP contribution in [-0.4, -0.2) is 11.8 Å². The van der Waals surface area contributed by atoms with Crippen molar-refractivity contribution >= 4 is 23.1 Å². The molecule has 0 amide bonds. The molecule has 0 aliphatic rings. The predicted molar refractivity (Wildman–Crippen MR) is 43.0 cm³/mol. The standard InChI is InChI=1S/C8H8O3S/c1-5(9)7-2-6(4-12-7)3-8(10)11/h2,4H,3H2,1H3,(H,10,11)/p-1. The van der Waals surface area contributed by atoms with Crippen molar-refractivity contribution in [3.05, 3.63) is 21.9 Å². The quantitative estimate of drug-likeness (QED) is 0.631. The van der Waals surface area contributed by atoms with E-state index in [1.807, 2.05) is 0 Å². The third-order valence-electron chi connectivity index (χ3n) is 1.35. The maximum Gasteiger partial charge on any atom is 0.169 e. The first-order valence-electron chi connectivity index (χ1n) is 3.38. The van der Waals surface area contributed by atoms with Gasteiger partial charge in [0.05, 0.1) is 4.88 Å². The average molecular weight is 183 g/mol. The van der Waals surface area contributed by atoms with Crippen molar-refractivity contribution in [2.75, 3.05) is 0 Å². The molecule has 0 aliphatic carbocycles. The van der Waals surface area contributed by atoms with Gasteiger partial charge in [0.2, 0.25) is 0 Å². The molecule has 0 unspecified atom stereocenters. The number of carbonyl (C=O) groups excluding carboxylic acids is 2. The number of carboxylic acids is 1. The van der Waals surface area contributed by atoms with Crippen LogP contribution in [0.25, 0.3) is 0 Å². The summed E-state index contributed by atoms with van der Waals surface area (Å²) in [5.41, 5.74) is 0.630. The van der Waals surface area contributed by atoms with Crippen LogP contribution < -0.4 is 5.11 Å². The van der Waals surface area contributed by atoms with Crippen molar-refractivity contribution in [1.82, 2.24) is 0 Å². The van der Waals surface area contributed by atoms with Gasteiger partial charge in [-0.05, 0) is 23.9 Å². The van der Waals surface area contributed by atoms with E-state index in [2.05, 4.69) is 0 Å². The van der Waals surface area contributed by atoms with E-state index in [9.17, 15) is 14.7 Å². The van der Waals surface area contributed by atoms with Crippen molar-refractivity contribution in [1.29, 1.82) is 0 Å². The summed E-state index contributed by atoms with van der Waals surface area (Å²) in [6.07, 6.45) is -0.121. The molecule has 0 fully saturated rings. The SMILES string of the molecule is CC(=O)c1cc(CC(=O)[O-])cs1. The molecule has 0 spiro atoms. The molecular weight excluding hydrogens is 176 g/mol. The molecule has 0 aromatic carbocycles. The van der Waals surface area contributed by atoms with E-state index in [0.717, 1.165) is 0 Å². The highest BCUT2D eigenvalue weighted by Gasteiger charge is 2.03. The van der Waals surface area contributed by atoms with Crippen LogP contribution in [0.15, 0.2) is 11.4 Å². The third-order valence-corrected chi connectivity index (χ3v) is 2.43. The Morgan fingerprint density at radius 1 is 1.58 bits per heavy atom. The van der Waals surface area contributed by atoms with Gasteiger partial charge in [-0.2, -0.15) is 0 Å². The minimum atomic E-state index is -1.12. The van der Waals surface area contributed by atoms with Crippen molar-refractivity contribution in [3.8, 4) is 0 Å². The fourth-order valence-corrected chi connectivity index (χ4v) is 1.63. The van der Waals surface area contributed by atoms with Crippen LogP contribution in [0.1, 0.15) is 22.2 Å². The summed E-state index contributed by atoms with van der Waals surface area (Å²) >= 11 is 1.26. The molecule has 0 N–H and O–H groups in total. The normalized spacial score (nSPS) is 9.75. The molecule has 12 heavy (non-hydrogen) atoms. The van der Waals surface area contributed by atoms with Crippen LogP contribution in [0.2, 0.25) is 0 Å². The van der Waals surface area contributed by atoms with E-state index < -0.39 is 5.97 Å². The van der Waals surface area contributed by atoms with Gasteiger partial charge < -0.3 is 9.90 Å². The third kappa shape index (κ3) is 2.17. The zero-order chi connectivity index (χ0) is 9.14.